The van der Waals surface area contributed by atoms with Crippen molar-refractivity contribution in [3.63, 3.8) is 0 Å². The summed E-state index contributed by atoms with van der Waals surface area (Å²) in [6.07, 6.45) is -3.40. The predicted molar refractivity (Wildman–Crippen MR) is 132 cm³/mol. The van der Waals surface area contributed by atoms with E-state index in [9.17, 15) is 27.0 Å². The highest BCUT2D eigenvalue weighted by Gasteiger charge is 2.32. The Morgan fingerprint density at radius 3 is 2.41 bits per heavy atom. The van der Waals surface area contributed by atoms with E-state index in [0.29, 0.717) is 11.9 Å². The fourth-order valence-corrected chi connectivity index (χ4v) is 4.59. The number of aryl methyl sites for hydroxylation is 1. The van der Waals surface area contributed by atoms with Gasteiger partial charge in [0, 0.05) is 28.3 Å². The van der Waals surface area contributed by atoms with Crippen LogP contribution in [0.1, 0.15) is 64.7 Å². The van der Waals surface area contributed by atoms with E-state index in [-0.39, 0.29) is 39.3 Å². The SMILES string of the molecule is CCS(=O)(CC)=NC(=O)c1ccc(-n2nc(C)nc2[C@H](C)NC(=O)c2cc(Cl)cc(C(F)(F)F)c2)nc1. The lowest BCUT2D eigenvalue weighted by atomic mass is 10.1. The molecule has 0 radical (unpaired) electrons. The minimum Gasteiger partial charge on any atom is -0.342 e. The number of halogens is 4. The number of alkyl halides is 3. The van der Waals surface area contributed by atoms with Crippen molar-refractivity contribution in [2.75, 3.05) is 11.5 Å². The molecule has 0 saturated carbocycles. The van der Waals surface area contributed by atoms with Crippen molar-refractivity contribution in [1.82, 2.24) is 25.1 Å². The second-order valence-corrected chi connectivity index (χ2v) is 11.3. The number of nitrogens with zero attached hydrogens (tertiary/aromatic N) is 5. The van der Waals surface area contributed by atoms with E-state index >= 15 is 0 Å². The summed E-state index contributed by atoms with van der Waals surface area (Å²) in [5, 5.41) is 6.63. The summed E-state index contributed by atoms with van der Waals surface area (Å²) < 4.78 is 57.0. The van der Waals surface area contributed by atoms with Crippen LogP contribution in [0.5, 0.6) is 0 Å². The Morgan fingerprint density at radius 1 is 1.16 bits per heavy atom. The molecule has 3 aromatic rings. The Balaban J connectivity index is 1.86. The molecule has 3 rings (SSSR count). The Kier molecular flexibility index (Phi) is 8.38. The molecule has 9 nitrogen and oxygen atoms in total. The molecule has 14 heteroatoms. The maximum absolute atomic E-state index is 13.1. The summed E-state index contributed by atoms with van der Waals surface area (Å²) in [6, 6.07) is 4.72. The quantitative estimate of drug-likeness (QED) is 0.447. The predicted octanol–water partition coefficient (Wildman–Crippen LogP) is 4.78. The molecule has 1 aromatic carbocycles. The molecule has 198 valence electrons. The van der Waals surface area contributed by atoms with Crippen molar-refractivity contribution in [2.45, 2.75) is 39.9 Å². The molecule has 0 bridgehead atoms. The van der Waals surface area contributed by atoms with Crippen LogP contribution in [0.15, 0.2) is 40.9 Å². The van der Waals surface area contributed by atoms with Crippen LogP contribution < -0.4 is 5.32 Å². The molecule has 1 N–H and O–H groups in total. The van der Waals surface area contributed by atoms with Gasteiger partial charge in [0.1, 0.15) is 5.82 Å². The third-order valence-electron chi connectivity index (χ3n) is 5.32. The Bertz CT molecular complexity index is 1440. The minimum atomic E-state index is -4.67. The topological polar surface area (TPSA) is 119 Å². The van der Waals surface area contributed by atoms with Crippen LogP contribution in [0.4, 0.5) is 13.2 Å². The summed E-state index contributed by atoms with van der Waals surface area (Å²) in [7, 11) is -2.63. The first-order valence-corrected chi connectivity index (χ1v) is 13.3. The van der Waals surface area contributed by atoms with Gasteiger partial charge in [-0.05, 0) is 44.2 Å². The van der Waals surface area contributed by atoms with Gasteiger partial charge in [0.2, 0.25) is 0 Å². The molecular weight excluding hydrogens is 533 g/mol. The molecule has 1 atom stereocenters. The minimum absolute atomic E-state index is 0.138. The van der Waals surface area contributed by atoms with E-state index in [1.54, 1.807) is 27.7 Å². The molecule has 37 heavy (non-hydrogen) atoms. The molecule has 0 fully saturated rings. The van der Waals surface area contributed by atoms with Crippen LogP contribution in [-0.4, -0.2) is 47.3 Å². The number of pyridine rings is 1. The van der Waals surface area contributed by atoms with Gasteiger partial charge in [-0.3, -0.25) is 9.59 Å². The molecule has 0 aliphatic rings. The van der Waals surface area contributed by atoms with Crippen molar-refractivity contribution >= 4 is 33.1 Å². The summed E-state index contributed by atoms with van der Waals surface area (Å²) in [5.41, 5.74) is -1.18. The molecule has 0 spiro atoms. The van der Waals surface area contributed by atoms with Crippen molar-refractivity contribution in [3.05, 3.63) is 69.9 Å². The lowest BCUT2D eigenvalue weighted by Crippen LogP contribution is -2.29. The zero-order valence-electron chi connectivity index (χ0n) is 20.3. The van der Waals surface area contributed by atoms with Crippen LogP contribution >= 0.6 is 11.6 Å². The normalized spacial score (nSPS) is 12.8. The third kappa shape index (κ3) is 6.72. The van der Waals surface area contributed by atoms with Gasteiger partial charge in [-0.2, -0.15) is 22.2 Å². The van der Waals surface area contributed by atoms with Gasteiger partial charge in [0.25, 0.3) is 11.8 Å². The summed E-state index contributed by atoms with van der Waals surface area (Å²) in [4.78, 5) is 33.7. The van der Waals surface area contributed by atoms with Crippen LogP contribution in [0.3, 0.4) is 0 Å². The zero-order chi connectivity index (χ0) is 27.5. The fourth-order valence-electron chi connectivity index (χ4n) is 3.28. The highest BCUT2D eigenvalue weighted by molar-refractivity contribution is 7.93. The number of rotatable bonds is 7. The second kappa shape index (κ2) is 11.0. The van der Waals surface area contributed by atoms with Gasteiger partial charge < -0.3 is 5.32 Å². The van der Waals surface area contributed by atoms with Crippen LogP contribution in [0.25, 0.3) is 5.82 Å². The maximum Gasteiger partial charge on any atom is 0.416 e. The van der Waals surface area contributed by atoms with E-state index < -0.39 is 39.3 Å². The largest absolute Gasteiger partial charge is 0.416 e. The van der Waals surface area contributed by atoms with E-state index in [2.05, 4.69) is 24.7 Å². The van der Waals surface area contributed by atoms with E-state index in [0.717, 1.165) is 12.1 Å². The molecule has 2 amide bonds. The highest BCUT2D eigenvalue weighted by atomic mass is 35.5. The number of nitrogens with one attached hydrogen (secondary N) is 1. The number of hydrogen-bond acceptors (Lipinski definition) is 6. The Labute approximate surface area is 216 Å². The number of carbonyl (C=O) groups excluding carboxylic acids is 2. The van der Waals surface area contributed by atoms with Gasteiger partial charge in [0.15, 0.2) is 11.6 Å². The number of aromatic nitrogens is 4. The van der Waals surface area contributed by atoms with Gasteiger partial charge in [-0.1, -0.05) is 25.4 Å². The molecule has 2 aromatic heterocycles. The first-order valence-electron chi connectivity index (χ1n) is 11.1. The van der Waals surface area contributed by atoms with Crippen molar-refractivity contribution in [3.8, 4) is 5.82 Å². The van der Waals surface area contributed by atoms with Crippen LogP contribution in [0, 0.1) is 6.92 Å². The third-order valence-corrected chi connectivity index (χ3v) is 7.84. The lowest BCUT2D eigenvalue weighted by molar-refractivity contribution is -0.137. The monoisotopic (exact) mass is 556 g/mol. The lowest BCUT2D eigenvalue weighted by Gasteiger charge is -2.15. The molecular formula is C23H24ClF3N6O3S. The zero-order valence-corrected chi connectivity index (χ0v) is 21.9. The first kappa shape index (κ1) is 28.3. The average molecular weight is 557 g/mol. The summed E-state index contributed by atoms with van der Waals surface area (Å²) >= 11 is 5.79. The second-order valence-electron chi connectivity index (χ2n) is 8.00. The van der Waals surface area contributed by atoms with Crippen molar-refractivity contribution in [2.24, 2.45) is 4.36 Å². The molecule has 0 saturated heterocycles. The van der Waals surface area contributed by atoms with E-state index in [1.165, 1.54) is 23.0 Å². The van der Waals surface area contributed by atoms with Gasteiger partial charge in [0.05, 0.1) is 26.9 Å². The van der Waals surface area contributed by atoms with Crippen LogP contribution in [0.2, 0.25) is 5.02 Å². The van der Waals surface area contributed by atoms with Gasteiger partial charge >= 0.3 is 6.18 Å². The van der Waals surface area contributed by atoms with Gasteiger partial charge in [-0.15, -0.1) is 5.10 Å². The molecule has 0 aliphatic carbocycles. The first-order chi connectivity index (χ1) is 17.3. The number of benzene rings is 1. The van der Waals surface area contributed by atoms with Crippen LogP contribution in [-0.2, 0) is 15.9 Å². The van der Waals surface area contributed by atoms with Crippen molar-refractivity contribution < 1.29 is 27.0 Å². The van der Waals surface area contributed by atoms with E-state index in [4.69, 9.17) is 11.6 Å². The maximum atomic E-state index is 13.1. The fraction of sp³-hybridized carbons (Fsp3) is 0.348. The average Bonchev–Trinajstić information content (AvgIpc) is 3.24. The standard InChI is InChI=1S/C23H24ClF3N6O3S/c1-5-37(36,6-2)32-22(35)15-7-8-19(28-12-15)33-20(30-14(4)31-33)13(3)29-21(34)16-9-17(23(25,26)27)11-18(24)10-16/h7-13H,5-6H2,1-4H3,(H,29,34)/t13-/m0/s1. The number of hydrogen-bond donors (Lipinski definition) is 1. The Morgan fingerprint density at radius 2 is 1.84 bits per heavy atom. The molecule has 0 aliphatic heterocycles. The van der Waals surface area contributed by atoms with Crippen molar-refractivity contribution in [1.29, 1.82) is 0 Å². The molecule has 0 unspecified atom stereocenters. The Hall–Kier alpha value is -3.32. The van der Waals surface area contributed by atoms with Gasteiger partial charge in [-0.25, -0.2) is 14.2 Å². The highest BCUT2D eigenvalue weighted by Crippen LogP contribution is 2.32. The molecule has 2 heterocycles. The summed E-state index contributed by atoms with van der Waals surface area (Å²) in [5.74, 6) is -0.0815. The number of amides is 2. The summed E-state index contributed by atoms with van der Waals surface area (Å²) in [6.45, 7) is 6.58. The smallest absolute Gasteiger partial charge is 0.342 e. The van der Waals surface area contributed by atoms with E-state index in [1.807, 2.05) is 0 Å². The number of carbonyl (C=O) groups is 2.